The van der Waals surface area contributed by atoms with Crippen molar-refractivity contribution in [3.05, 3.63) is 29.8 Å². The van der Waals surface area contributed by atoms with E-state index < -0.39 is 5.60 Å². The molecule has 0 aromatic carbocycles. The van der Waals surface area contributed by atoms with Gasteiger partial charge in [0, 0.05) is 18.3 Å². The Balaban J connectivity index is 2.11. The first-order valence-electron chi connectivity index (χ1n) is 5.63. The van der Waals surface area contributed by atoms with Crippen molar-refractivity contribution in [1.82, 2.24) is 24.8 Å². The summed E-state index contributed by atoms with van der Waals surface area (Å²) in [6.45, 7) is 6.89. The van der Waals surface area contributed by atoms with Crippen molar-refractivity contribution in [3.8, 4) is 0 Å². The molecule has 0 saturated heterocycles. The highest BCUT2D eigenvalue weighted by Gasteiger charge is 2.20. The molecule has 0 saturated carbocycles. The molecule has 6 nitrogen and oxygen atoms in total. The average Bonchev–Trinajstić information content (AvgIpc) is 2.86. The minimum atomic E-state index is -0.953. The van der Waals surface area contributed by atoms with Crippen molar-refractivity contribution in [1.29, 1.82) is 0 Å². The molecule has 0 aliphatic carbocycles. The first-order valence-corrected chi connectivity index (χ1v) is 5.63. The molecular formula is C11H17N5O. The molecule has 2 rings (SSSR count). The maximum Gasteiger partial charge on any atom is 0.114 e. The quantitative estimate of drug-likeness (QED) is 0.850. The minimum Gasteiger partial charge on any atom is -0.384 e. The Bertz CT molecular complexity index is 494. The fourth-order valence-electron chi connectivity index (χ4n) is 1.50. The highest BCUT2D eigenvalue weighted by molar-refractivity contribution is 5.07. The van der Waals surface area contributed by atoms with Crippen molar-refractivity contribution in [2.45, 2.75) is 39.5 Å². The summed E-state index contributed by atoms with van der Waals surface area (Å²) in [5, 5.41) is 21.9. The molecule has 0 unspecified atom stereocenters. The lowest BCUT2D eigenvalue weighted by Crippen LogP contribution is -2.15. The van der Waals surface area contributed by atoms with Crippen LogP contribution < -0.4 is 0 Å². The van der Waals surface area contributed by atoms with Gasteiger partial charge in [0.25, 0.3) is 0 Å². The van der Waals surface area contributed by atoms with E-state index >= 15 is 0 Å². The summed E-state index contributed by atoms with van der Waals surface area (Å²) >= 11 is 0. The summed E-state index contributed by atoms with van der Waals surface area (Å²) in [5.41, 5.74) is 0.686. The lowest BCUT2D eigenvalue weighted by atomic mass is 10.1. The van der Waals surface area contributed by atoms with Gasteiger partial charge in [-0.25, -0.2) is 4.68 Å². The second-order valence-corrected chi connectivity index (χ2v) is 4.56. The third kappa shape index (κ3) is 2.71. The highest BCUT2D eigenvalue weighted by atomic mass is 16.3. The van der Waals surface area contributed by atoms with Crippen LogP contribution in [0.4, 0.5) is 0 Å². The highest BCUT2D eigenvalue weighted by Crippen LogP contribution is 2.16. The van der Waals surface area contributed by atoms with E-state index in [0.29, 0.717) is 12.2 Å². The lowest BCUT2D eigenvalue weighted by molar-refractivity contribution is 0.0737. The van der Waals surface area contributed by atoms with E-state index in [1.165, 1.54) is 0 Å². The van der Waals surface area contributed by atoms with E-state index in [4.69, 9.17) is 0 Å². The van der Waals surface area contributed by atoms with Gasteiger partial charge in [-0.3, -0.25) is 4.68 Å². The topological polar surface area (TPSA) is 68.8 Å². The summed E-state index contributed by atoms with van der Waals surface area (Å²) in [6.07, 6.45) is 5.55. The van der Waals surface area contributed by atoms with Crippen LogP contribution in [-0.2, 0) is 18.7 Å². The van der Waals surface area contributed by atoms with Gasteiger partial charge in [0.2, 0.25) is 0 Å². The van der Waals surface area contributed by atoms with E-state index in [-0.39, 0.29) is 0 Å². The van der Waals surface area contributed by atoms with Gasteiger partial charge >= 0.3 is 0 Å². The molecule has 2 heterocycles. The van der Waals surface area contributed by atoms with Crippen molar-refractivity contribution >= 4 is 0 Å². The molecule has 0 aliphatic rings. The van der Waals surface area contributed by atoms with Gasteiger partial charge in [-0.1, -0.05) is 5.21 Å². The third-order valence-corrected chi connectivity index (χ3v) is 2.52. The van der Waals surface area contributed by atoms with Gasteiger partial charge in [-0.05, 0) is 20.8 Å². The molecule has 92 valence electrons. The molecule has 0 aliphatic heterocycles. The predicted molar refractivity (Wildman–Crippen MR) is 62.3 cm³/mol. The molecule has 0 amide bonds. The largest absolute Gasteiger partial charge is 0.384 e. The Morgan fingerprint density at radius 3 is 2.59 bits per heavy atom. The number of rotatable bonds is 4. The second kappa shape index (κ2) is 4.29. The van der Waals surface area contributed by atoms with Gasteiger partial charge < -0.3 is 5.11 Å². The predicted octanol–water partition coefficient (Wildman–Crippen LogP) is 0.770. The summed E-state index contributed by atoms with van der Waals surface area (Å²) < 4.78 is 3.56. The van der Waals surface area contributed by atoms with E-state index in [1.54, 1.807) is 24.7 Å². The molecule has 2 aromatic rings. The monoisotopic (exact) mass is 235 g/mol. The molecule has 0 radical (unpaired) electrons. The lowest BCUT2D eigenvalue weighted by Gasteiger charge is -2.11. The zero-order chi connectivity index (χ0) is 12.5. The summed E-state index contributed by atoms with van der Waals surface area (Å²) in [6, 6.07) is 0. The molecule has 0 atom stereocenters. The number of aliphatic hydroxyl groups is 1. The minimum absolute atomic E-state index is 0.570. The van der Waals surface area contributed by atoms with Crippen LogP contribution in [-0.4, -0.2) is 29.9 Å². The summed E-state index contributed by atoms with van der Waals surface area (Å²) in [5.74, 6) is 0. The number of hydrogen-bond donors (Lipinski definition) is 1. The maximum atomic E-state index is 9.78. The maximum absolute atomic E-state index is 9.78. The summed E-state index contributed by atoms with van der Waals surface area (Å²) in [4.78, 5) is 0. The van der Waals surface area contributed by atoms with Gasteiger partial charge in [0.05, 0.1) is 18.9 Å². The molecule has 6 heteroatoms. The second-order valence-electron chi connectivity index (χ2n) is 4.56. The van der Waals surface area contributed by atoms with Gasteiger partial charge in [0.15, 0.2) is 0 Å². The molecule has 0 fully saturated rings. The Kier molecular flexibility index (Phi) is 2.97. The van der Waals surface area contributed by atoms with Crippen LogP contribution in [0.5, 0.6) is 0 Å². The van der Waals surface area contributed by atoms with Crippen LogP contribution in [0.15, 0.2) is 18.6 Å². The molecule has 1 N–H and O–H groups in total. The van der Waals surface area contributed by atoms with Crippen LogP contribution in [0.3, 0.4) is 0 Å². The standard InChI is InChI=1S/C11H17N5O/c1-4-15-6-9(5-12-15)7-16-8-10(13-14-16)11(2,3)17/h5-6,8,17H,4,7H2,1-3H3. The Morgan fingerprint density at radius 2 is 2.06 bits per heavy atom. The number of aromatic nitrogens is 5. The normalized spacial score (nSPS) is 12.0. The number of aryl methyl sites for hydroxylation is 1. The van der Waals surface area contributed by atoms with Crippen LogP contribution >= 0.6 is 0 Å². The zero-order valence-electron chi connectivity index (χ0n) is 10.3. The van der Waals surface area contributed by atoms with E-state index in [1.807, 2.05) is 24.0 Å². The van der Waals surface area contributed by atoms with Crippen LogP contribution in [0.25, 0.3) is 0 Å². The SMILES string of the molecule is CCn1cc(Cn2cc(C(C)(C)O)nn2)cn1. The third-order valence-electron chi connectivity index (χ3n) is 2.52. The average molecular weight is 235 g/mol. The fraction of sp³-hybridized carbons (Fsp3) is 0.545. The Hall–Kier alpha value is -1.69. The Labute approximate surface area is 99.9 Å². The zero-order valence-corrected chi connectivity index (χ0v) is 10.3. The van der Waals surface area contributed by atoms with E-state index in [0.717, 1.165) is 12.1 Å². The molecule has 2 aromatic heterocycles. The van der Waals surface area contributed by atoms with Crippen LogP contribution in [0, 0.1) is 0 Å². The number of nitrogens with zero attached hydrogens (tertiary/aromatic N) is 5. The van der Waals surface area contributed by atoms with Gasteiger partial charge in [-0.15, -0.1) is 5.10 Å². The number of hydrogen-bond acceptors (Lipinski definition) is 4. The van der Waals surface area contributed by atoms with Crippen molar-refractivity contribution in [3.63, 3.8) is 0 Å². The molecule has 0 spiro atoms. The van der Waals surface area contributed by atoms with Crippen molar-refractivity contribution in [2.24, 2.45) is 0 Å². The first-order chi connectivity index (χ1) is 7.99. The van der Waals surface area contributed by atoms with Crippen molar-refractivity contribution < 1.29 is 5.11 Å². The molecular weight excluding hydrogens is 218 g/mol. The van der Waals surface area contributed by atoms with Crippen LogP contribution in [0.2, 0.25) is 0 Å². The first kappa shape index (κ1) is 11.8. The molecule has 0 bridgehead atoms. The van der Waals surface area contributed by atoms with Gasteiger partial charge in [0.1, 0.15) is 11.3 Å². The van der Waals surface area contributed by atoms with E-state index in [2.05, 4.69) is 15.4 Å². The van der Waals surface area contributed by atoms with E-state index in [9.17, 15) is 5.11 Å². The van der Waals surface area contributed by atoms with Crippen LogP contribution in [0.1, 0.15) is 32.0 Å². The smallest absolute Gasteiger partial charge is 0.114 e. The Morgan fingerprint density at radius 1 is 1.29 bits per heavy atom. The summed E-state index contributed by atoms with van der Waals surface area (Å²) in [7, 11) is 0. The molecule has 17 heavy (non-hydrogen) atoms. The van der Waals surface area contributed by atoms with Crippen molar-refractivity contribution in [2.75, 3.05) is 0 Å². The fourth-order valence-corrected chi connectivity index (χ4v) is 1.50. The van der Waals surface area contributed by atoms with Gasteiger partial charge in [-0.2, -0.15) is 5.10 Å².